The Morgan fingerprint density at radius 3 is 2.21 bits per heavy atom. The van der Waals surface area contributed by atoms with Crippen LogP contribution in [-0.2, 0) is 17.4 Å². The average Bonchev–Trinajstić information content (AvgIpc) is 3.23. The molecule has 174 valence electrons. The van der Waals surface area contributed by atoms with Gasteiger partial charge in [0.05, 0.1) is 11.3 Å². The number of halogens is 6. The zero-order chi connectivity index (χ0) is 24.4. The van der Waals surface area contributed by atoms with E-state index in [4.69, 9.17) is 5.73 Å². The third-order valence-electron chi connectivity index (χ3n) is 4.28. The summed E-state index contributed by atoms with van der Waals surface area (Å²) >= 11 is 1.10. The van der Waals surface area contributed by atoms with Crippen LogP contribution in [0.4, 0.5) is 26.3 Å². The van der Waals surface area contributed by atoms with Crippen LogP contribution < -0.4 is 11.1 Å². The number of hydrogen-bond donors (Lipinski definition) is 2. The molecule has 3 N–H and O–H groups in total. The minimum absolute atomic E-state index is 0.0471. The molecule has 0 atom stereocenters. The molecule has 0 saturated heterocycles. The molecule has 2 aromatic heterocycles. The van der Waals surface area contributed by atoms with E-state index in [1.807, 2.05) is 0 Å². The quantitative estimate of drug-likeness (QED) is 0.514. The number of aromatic nitrogens is 3. The molecule has 0 aliphatic carbocycles. The van der Waals surface area contributed by atoms with Crippen LogP contribution in [-0.4, -0.2) is 39.7 Å². The molecule has 3 rings (SSSR count). The lowest BCUT2D eigenvalue weighted by atomic mass is 9.99. The Kier molecular flexibility index (Phi) is 6.67. The van der Waals surface area contributed by atoms with Gasteiger partial charge in [-0.15, -0.1) is 21.5 Å². The van der Waals surface area contributed by atoms with Gasteiger partial charge in [-0.05, 0) is 36.2 Å². The van der Waals surface area contributed by atoms with Gasteiger partial charge in [-0.3, -0.25) is 9.59 Å². The maximum atomic E-state index is 13.3. The van der Waals surface area contributed by atoms with Crippen molar-refractivity contribution < 1.29 is 35.9 Å². The van der Waals surface area contributed by atoms with Crippen molar-refractivity contribution in [3.63, 3.8) is 0 Å². The number of nitrogens with two attached hydrogens (primary N) is 1. The SMILES string of the molecule is NC(=O)c1csc(-c2ccc(-c3ccc(C(F)(F)F)c(CCNC(=O)C(F)(F)F)c3)nn2)n1. The predicted molar refractivity (Wildman–Crippen MR) is 105 cm³/mol. The van der Waals surface area contributed by atoms with Crippen molar-refractivity contribution in [3.05, 3.63) is 52.5 Å². The molecule has 7 nitrogen and oxygen atoms in total. The number of benzene rings is 1. The zero-order valence-corrected chi connectivity index (χ0v) is 17.1. The van der Waals surface area contributed by atoms with Crippen molar-refractivity contribution in [3.8, 4) is 22.0 Å². The predicted octanol–water partition coefficient (Wildman–Crippen LogP) is 3.61. The van der Waals surface area contributed by atoms with Crippen molar-refractivity contribution in [1.29, 1.82) is 0 Å². The Morgan fingerprint density at radius 1 is 1.00 bits per heavy atom. The van der Waals surface area contributed by atoms with Crippen LogP contribution in [0.2, 0.25) is 0 Å². The van der Waals surface area contributed by atoms with E-state index < -0.39 is 42.7 Å². The molecule has 33 heavy (non-hydrogen) atoms. The molecule has 0 saturated carbocycles. The van der Waals surface area contributed by atoms with E-state index in [2.05, 4.69) is 15.2 Å². The van der Waals surface area contributed by atoms with E-state index in [9.17, 15) is 35.9 Å². The summed E-state index contributed by atoms with van der Waals surface area (Å²) in [5, 5.41) is 11.2. The fourth-order valence-electron chi connectivity index (χ4n) is 2.75. The Hall–Kier alpha value is -3.55. The number of amides is 2. The van der Waals surface area contributed by atoms with Crippen LogP contribution in [0.15, 0.2) is 35.7 Å². The van der Waals surface area contributed by atoms with Gasteiger partial charge in [0.15, 0.2) is 0 Å². The minimum atomic E-state index is -5.14. The smallest absolute Gasteiger partial charge is 0.364 e. The number of carbonyl (C=O) groups excluding carboxylic acids is 2. The van der Waals surface area contributed by atoms with Gasteiger partial charge < -0.3 is 11.1 Å². The van der Waals surface area contributed by atoms with E-state index in [-0.39, 0.29) is 22.5 Å². The third kappa shape index (κ3) is 5.83. The lowest BCUT2D eigenvalue weighted by Gasteiger charge is -2.15. The van der Waals surface area contributed by atoms with E-state index in [1.165, 1.54) is 17.5 Å². The van der Waals surface area contributed by atoms with Crippen LogP contribution in [0, 0.1) is 0 Å². The molecule has 0 aliphatic rings. The lowest BCUT2D eigenvalue weighted by Crippen LogP contribution is -2.37. The molecule has 3 aromatic rings. The van der Waals surface area contributed by atoms with E-state index >= 15 is 0 Å². The van der Waals surface area contributed by atoms with Gasteiger partial charge in [0, 0.05) is 17.5 Å². The Labute approximate surface area is 185 Å². The molecular formula is C19H13F6N5O2S. The first-order valence-corrected chi connectivity index (χ1v) is 9.89. The summed E-state index contributed by atoms with van der Waals surface area (Å²) in [4.78, 5) is 26.1. The summed E-state index contributed by atoms with van der Waals surface area (Å²) < 4.78 is 76.8. The largest absolute Gasteiger partial charge is 0.471 e. The third-order valence-corrected chi connectivity index (χ3v) is 5.15. The number of nitrogens with one attached hydrogen (secondary N) is 1. The molecule has 1 aromatic carbocycles. The van der Waals surface area contributed by atoms with Gasteiger partial charge in [-0.25, -0.2) is 4.98 Å². The highest BCUT2D eigenvalue weighted by atomic mass is 32.1. The van der Waals surface area contributed by atoms with E-state index in [0.29, 0.717) is 10.7 Å². The van der Waals surface area contributed by atoms with Crippen molar-refractivity contribution in [1.82, 2.24) is 20.5 Å². The number of hydrogen-bond acceptors (Lipinski definition) is 6. The van der Waals surface area contributed by atoms with Gasteiger partial charge >= 0.3 is 18.3 Å². The maximum absolute atomic E-state index is 13.3. The lowest BCUT2D eigenvalue weighted by molar-refractivity contribution is -0.173. The van der Waals surface area contributed by atoms with Gasteiger partial charge in [0.1, 0.15) is 16.4 Å². The van der Waals surface area contributed by atoms with Crippen molar-refractivity contribution in [2.24, 2.45) is 5.73 Å². The van der Waals surface area contributed by atoms with Crippen LogP contribution in [0.5, 0.6) is 0 Å². The standard InChI is InChI=1S/C19H13F6N5O2S/c20-18(21,22)11-2-1-10(7-9(11)5-6-27-17(32)19(23,24)25)12-3-4-13(30-29-12)16-28-14(8-33-16)15(26)31/h1-4,7-8H,5-6H2,(H2,26,31)(H,27,32). The number of carbonyl (C=O) groups is 2. The molecule has 2 heterocycles. The monoisotopic (exact) mass is 489 g/mol. The first-order chi connectivity index (χ1) is 15.4. The summed E-state index contributed by atoms with van der Waals surface area (Å²) in [5.41, 5.74) is 4.56. The second-order valence-electron chi connectivity index (χ2n) is 6.58. The van der Waals surface area contributed by atoms with Gasteiger partial charge in [0.2, 0.25) is 0 Å². The van der Waals surface area contributed by atoms with Crippen molar-refractivity contribution in [2.45, 2.75) is 18.8 Å². The van der Waals surface area contributed by atoms with Crippen molar-refractivity contribution >= 4 is 23.2 Å². The molecule has 0 bridgehead atoms. The van der Waals surface area contributed by atoms with Gasteiger partial charge in [0.25, 0.3) is 5.91 Å². The minimum Gasteiger partial charge on any atom is -0.364 e. The molecular weight excluding hydrogens is 476 g/mol. The molecule has 14 heteroatoms. The molecule has 0 aliphatic heterocycles. The number of thiazole rings is 1. The highest BCUT2D eigenvalue weighted by Crippen LogP contribution is 2.34. The molecule has 2 amide bonds. The molecule has 0 fully saturated rings. The number of alkyl halides is 6. The summed E-state index contributed by atoms with van der Waals surface area (Å²) in [6, 6.07) is 6.02. The normalized spacial score (nSPS) is 11.9. The summed E-state index contributed by atoms with van der Waals surface area (Å²) in [7, 11) is 0. The number of rotatable bonds is 6. The Morgan fingerprint density at radius 2 is 1.67 bits per heavy atom. The Bertz CT molecular complexity index is 1170. The average molecular weight is 489 g/mol. The molecule has 0 spiro atoms. The summed E-state index contributed by atoms with van der Waals surface area (Å²) in [6.45, 7) is -0.651. The zero-order valence-electron chi connectivity index (χ0n) is 16.3. The summed E-state index contributed by atoms with van der Waals surface area (Å²) in [6.07, 6.45) is -10.4. The molecule has 0 radical (unpaired) electrons. The highest BCUT2D eigenvalue weighted by molar-refractivity contribution is 7.13. The molecule has 0 unspecified atom stereocenters. The maximum Gasteiger partial charge on any atom is 0.471 e. The van der Waals surface area contributed by atoms with Crippen LogP contribution in [0.1, 0.15) is 21.6 Å². The van der Waals surface area contributed by atoms with Gasteiger partial charge in [-0.1, -0.05) is 6.07 Å². The van der Waals surface area contributed by atoms with E-state index in [1.54, 1.807) is 5.32 Å². The fourth-order valence-corrected chi connectivity index (χ4v) is 3.52. The highest BCUT2D eigenvalue weighted by Gasteiger charge is 2.38. The number of nitrogens with zero attached hydrogens (tertiary/aromatic N) is 3. The fraction of sp³-hybridized carbons (Fsp3) is 0.211. The van der Waals surface area contributed by atoms with Crippen LogP contribution in [0.3, 0.4) is 0 Å². The first kappa shape index (κ1) is 24.1. The second kappa shape index (κ2) is 9.13. The van der Waals surface area contributed by atoms with Crippen molar-refractivity contribution in [2.75, 3.05) is 6.54 Å². The number of primary amides is 1. The summed E-state index contributed by atoms with van der Waals surface area (Å²) in [5.74, 6) is -2.96. The first-order valence-electron chi connectivity index (χ1n) is 9.01. The second-order valence-corrected chi connectivity index (χ2v) is 7.44. The van der Waals surface area contributed by atoms with Crippen LogP contribution >= 0.6 is 11.3 Å². The Balaban J connectivity index is 1.84. The van der Waals surface area contributed by atoms with Crippen LogP contribution in [0.25, 0.3) is 22.0 Å². The van der Waals surface area contributed by atoms with Gasteiger partial charge in [-0.2, -0.15) is 26.3 Å². The van der Waals surface area contributed by atoms with E-state index in [0.717, 1.165) is 29.5 Å². The topological polar surface area (TPSA) is 111 Å².